The average molecular weight is 228 g/mol. The van der Waals surface area contributed by atoms with E-state index >= 15 is 0 Å². The fraction of sp³-hybridized carbons (Fsp3) is 0.364. The molecule has 4 heteroatoms. The van der Waals surface area contributed by atoms with Gasteiger partial charge in [-0.15, -0.1) is 12.4 Å². The molecule has 0 saturated heterocycles. The quantitative estimate of drug-likeness (QED) is 0.797. The summed E-state index contributed by atoms with van der Waals surface area (Å²) in [6.45, 7) is 2.00. The maximum Gasteiger partial charge on any atom is 0.252 e. The zero-order valence-electron chi connectivity index (χ0n) is 8.53. The van der Waals surface area contributed by atoms with Crippen LogP contribution in [0, 0.1) is 0 Å². The summed E-state index contributed by atoms with van der Waals surface area (Å²) in [5.74, 6) is 0.259. The summed E-state index contributed by atoms with van der Waals surface area (Å²) < 4.78 is 5.62. The lowest BCUT2D eigenvalue weighted by Gasteiger charge is -2.24. The minimum absolute atomic E-state index is 0. The molecule has 0 bridgehead atoms. The van der Waals surface area contributed by atoms with E-state index in [2.05, 4.69) is 0 Å². The van der Waals surface area contributed by atoms with Gasteiger partial charge >= 0.3 is 0 Å². The fourth-order valence-corrected chi connectivity index (χ4v) is 1.73. The van der Waals surface area contributed by atoms with Crippen LogP contribution in [0.1, 0.15) is 29.3 Å². The van der Waals surface area contributed by atoms with Gasteiger partial charge in [0.2, 0.25) is 0 Å². The lowest BCUT2D eigenvalue weighted by atomic mass is 9.99. The molecule has 2 rings (SSSR count). The number of benzene rings is 1. The molecule has 1 unspecified atom stereocenters. The van der Waals surface area contributed by atoms with Gasteiger partial charge in [-0.25, -0.2) is 0 Å². The lowest BCUT2D eigenvalue weighted by Crippen LogP contribution is -2.22. The van der Waals surface area contributed by atoms with Crippen LogP contribution in [0.2, 0.25) is 0 Å². The van der Waals surface area contributed by atoms with E-state index in [1.807, 2.05) is 19.1 Å². The van der Waals surface area contributed by atoms with Gasteiger partial charge in [-0.3, -0.25) is 4.79 Å². The summed E-state index contributed by atoms with van der Waals surface area (Å²) in [7, 11) is 0. The van der Waals surface area contributed by atoms with Crippen LogP contribution in [0.5, 0.6) is 5.75 Å². The molecular weight excluding hydrogens is 214 g/mol. The smallest absolute Gasteiger partial charge is 0.252 e. The van der Waals surface area contributed by atoms with Crippen LogP contribution in [-0.4, -0.2) is 12.0 Å². The van der Waals surface area contributed by atoms with Crippen LogP contribution >= 0.6 is 12.4 Å². The van der Waals surface area contributed by atoms with Crippen molar-refractivity contribution in [2.45, 2.75) is 25.9 Å². The Hall–Kier alpha value is -1.22. The van der Waals surface area contributed by atoms with Crippen molar-refractivity contribution < 1.29 is 9.53 Å². The highest BCUT2D eigenvalue weighted by atomic mass is 35.5. The number of hydrogen-bond donors (Lipinski definition) is 1. The minimum Gasteiger partial charge on any atom is -0.490 e. The number of fused-ring (bicyclic) bond motifs is 1. The first-order chi connectivity index (χ1) is 6.68. The molecule has 82 valence electrons. The van der Waals surface area contributed by atoms with Crippen molar-refractivity contribution in [3.63, 3.8) is 0 Å². The summed E-state index contributed by atoms with van der Waals surface area (Å²) in [6.07, 6.45) is 2.12. The Balaban J connectivity index is 0.00000112. The highest BCUT2D eigenvalue weighted by molar-refractivity contribution is 5.96. The number of carbonyl (C=O) groups is 1. The average Bonchev–Trinajstić information content (AvgIpc) is 2.16. The van der Waals surface area contributed by atoms with E-state index in [4.69, 9.17) is 10.5 Å². The molecule has 1 heterocycles. The standard InChI is InChI=1S/C11H13NO2.ClH/c1-7-5-6-8-3-2-4-9(11(12)13)10(8)14-7;/h2-4,7H,5-6H2,1H3,(H2,12,13);1H. The Labute approximate surface area is 95.0 Å². The zero-order chi connectivity index (χ0) is 10.1. The SMILES string of the molecule is CC1CCc2cccc(C(N)=O)c2O1.Cl. The van der Waals surface area contributed by atoms with Crippen molar-refractivity contribution in [2.24, 2.45) is 5.73 Å². The molecule has 0 aliphatic carbocycles. The summed E-state index contributed by atoms with van der Waals surface area (Å²) >= 11 is 0. The van der Waals surface area contributed by atoms with Crippen molar-refractivity contribution in [3.05, 3.63) is 29.3 Å². The third-order valence-corrected chi connectivity index (χ3v) is 2.50. The molecule has 3 nitrogen and oxygen atoms in total. The number of para-hydroxylation sites is 1. The van der Waals surface area contributed by atoms with Gasteiger partial charge in [0.25, 0.3) is 5.91 Å². The van der Waals surface area contributed by atoms with Gasteiger partial charge in [0.1, 0.15) is 5.75 Å². The number of nitrogens with two attached hydrogens (primary N) is 1. The Bertz CT molecular complexity index is 379. The second kappa shape index (κ2) is 4.53. The first-order valence-electron chi connectivity index (χ1n) is 4.77. The molecule has 1 aromatic rings. The molecule has 0 spiro atoms. The van der Waals surface area contributed by atoms with E-state index < -0.39 is 5.91 Å². The molecular formula is C11H14ClNO2. The number of hydrogen-bond acceptors (Lipinski definition) is 2. The minimum atomic E-state index is -0.420. The molecule has 1 amide bonds. The molecule has 1 aliphatic heterocycles. The topological polar surface area (TPSA) is 52.3 Å². The predicted molar refractivity (Wildman–Crippen MR) is 60.6 cm³/mol. The molecule has 0 fully saturated rings. The molecule has 1 atom stereocenters. The Kier molecular flexibility index (Phi) is 3.58. The molecule has 0 saturated carbocycles. The van der Waals surface area contributed by atoms with Crippen molar-refractivity contribution in [1.82, 2.24) is 0 Å². The zero-order valence-corrected chi connectivity index (χ0v) is 9.34. The third-order valence-electron chi connectivity index (χ3n) is 2.50. The summed E-state index contributed by atoms with van der Waals surface area (Å²) in [6, 6.07) is 5.53. The van der Waals surface area contributed by atoms with Gasteiger partial charge in [0, 0.05) is 0 Å². The molecule has 2 N–H and O–H groups in total. The van der Waals surface area contributed by atoms with E-state index in [1.54, 1.807) is 6.07 Å². The largest absolute Gasteiger partial charge is 0.490 e. The highest BCUT2D eigenvalue weighted by Gasteiger charge is 2.20. The third kappa shape index (κ3) is 2.23. The maximum absolute atomic E-state index is 11.1. The van der Waals surface area contributed by atoms with Crippen LogP contribution in [0.15, 0.2) is 18.2 Å². The predicted octanol–water partition coefficient (Wildman–Crippen LogP) is 1.92. The lowest BCUT2D eigenvalue weighted by molar-refractivity contribution is 0.0991. The van der Waals surface area contributed by atoms with Crippen molar-refractivity contribution in [2.75, 3.05) is 0 Å². The normalized spacial score (nSPS) is 18.3. The van der Waals surface area contributed by atoms with Crippen LogP contribution < -0.4 is 10.5 Å². The van der Waals surface area contributed by atoms with Gasteiger partial charge in [0.05, 0.1) is 11.7 Å². The summed E-state index contributed by atoms with van der Waals surface area (Å²) in [5, 5.41) is 0. The maximum atomic E-state index is 11.1. The summed E-state index contributed by atoms with van der Waals surface area (Å²) in [4.78, 5) is 11.1. The molecule has 0 radical (unpaired) electrons. The number of amides is 1. The highest BCUT2D eigenvalue weighted by Crippen LogP contribution is 2.30. The number of aryl methyl sites for hydroxylation is 1. The van der Waals surface area contributed by atoms with E-state index in [-0.39, 0.29) is 18.5 Å². The van der Waals surface area contributed by atoms with Crippen molar-refractivity contribution in [1.29, 1.82) is 0 Å². The monoisotopic (exact) mass is 227 g/mol. The molecule has 15 heavy (non-hydrogen) atoms. The van der Waals surface area contributed by atoms with Crippen molar-refractivity contribution in [3.8, 4) is 5.75 Å². The second-order valence-corrected chi connectivity index (χ2v) is 3.63. The van der Waals surface area contributed by atoms with Gasteiger partial charge in [-0.2, -0.15) is 0 Å². The first-order valence-corrected chi connectivity index (χ1v) is 4.77. The van der Waals surface area contributed by atoms with Crippen LogP contribution in [-0.2, 0) is 6.42 Å². The Morgan fingerprint density at radius 1 is 1.53 bits per heavy atom. The van der Waals surface area contributed by atoms with E-state index in [1.165, 1.54) is 0 Å². The fourth-order valence-electron chi connectivity index (χ4n) is 1.73. The molecule has 1 aromatic carbocycles. The number of carbonyl (C=O) groups excluding carboxylic acids is 1. The van der Waals surface area contributed by atoms with E-state index in [9.17, 15) is 4.79 Å². The van der Waals surface area contributed by atoms with Gasteiger partial charge in [0.15, 0.2) is 0 Å². The first kappa shape index (κ1) is 11.9. The van der Waals surface area contributed by atoms with Gasteiger partial charge in [-0.05, 0) is 31.4 Å². The van der Waals surface area contributed by atoms with Crippen LogP contribution in [0.25, 0.3) is 0 Å². The van der Waals surface area contributed by atoms with Crippen LogP contribution in [0.4, 0.5) is 0 Å². The van der Waals surface area contributed by atoms with Gasteiger partial charge < -0.3 is 10.5 Å². The van der Waals surface area contributed by atoms with Crippen molar-refractivity contribution >= 4 is 18.3 Å². The van der Waals surface area contributed by atoms with E-state index in [0.29, 0.717) is 11.3 Å². The number of ether oxygens (including phenoxy) is 1. The van der Waals surface area contributed by atoms with Gasteiger partial charge in [-0.1, -0.05) is 12.1 Å². The molecule has 1 aliphatic rings. The Morgan fingerprint density at radius 2 is 2.27 bits per heavy atom. The second-order valence-electron chi connectivity index (χ2n) is 3.63. The van der Waals surface area contributed by atoms with Crippen LogP contribution in [0.3, 0.4) is 0 Å². The number of rotatable bonds is 1. The Morgan fingerprint density at radius 3 is 2.93 bits per heavy atom. The summed E-state index contributed by atoms with van der Waals surface area (Å²) in [5.41, 5.74) is 6.84. The number of primary amides is 1. The molecule has 0 aromatic heterocycles. The van der Waals surface area contributed by atoms with E-state index in [0.717, 1.165) is 18.4 Å². The number of halogens is 1.